The van der Waals surface area contributed by atoms with Crippen LogP contribution in [-0.2, 0) is 14.8 Å². The zero-order valence-electron chi connectivity index (χ0n) is 14.9. The summed E-state index contributed by atoms with van der Waals surface area (Å²) in [5.74, 6) is -0.748. The van der Waals surface area contributed by atoms with Crippen molar-refractivity contribution in [3.8, 4) is 12.1 Å². The van der Waals surface area contributed by atoms with Crippen molar-refractivity contribution in [2.75, 3.05) is 11.9 Å². The van der Waals surface area contributed by atoms with Crippen molar-refractivity contribution in [2.24, 2.45) is 0 Å². The van der Waals surface area contributed by atoms with Crippen LogP contribution in [0.15, 0.2) is 35.2 Å². The third-order valence-electron chi connectivity index (χ3n) is 4.05. The van der Waals surface area contributed by atoms with Crippen molar-refractivity contribution in [1.29, 1.82) is 10.5 Å². The van der Waals surface area contributed by atoms with Crippen molar-refractivity contribution in [3.05, 3.63) is 47.3 Å². The summed E-state index contributed by atoms with van der Waals surface area (Å²) < 4.78 is 25.9. The van der Waals surface area contributed by atoms with Crippen LogP contribution in [0.4, 0.5) is 10.5 Å². The van der Waals surface area contributed by atoms with Crippen molar-refractivity contribution in [2.45, 2.75) is 17.9 Å². The number of sulfonamides is 1. The molecule has 0 bridgehead atoms. The Bertz CT molecular complexity index is 1180. The summed E-state index contributed by atoms with van der Waals surface area (Å²) in [6.45, 7) is 0.825. The predicted octanol–water partition coefficient (Wildman–Crippen LogP) is 0.634. The highest BCUT2D eigenvalue weighted by molar-refractivity contribution is 7.90. The zero-order chi connectivity index (χ0) is 21.2. The van der Waals surface area contributed by atoms with E-state index in [4.69, 9.17) is 10.5 Å². The summed E-state index contributed by atoms with van der Waals surface area (Å²) in [7, 11) is -4.32. The van der Waals surface area contributed by atoms with Crippen molar-refractivity contribution in [3.63, 3.8) is 0 Å². The van der Waals surface area contributed by atoms with Crippen LogP contribution < -0.4 is 10.6 Å². The van der Waals surface area contributed by atoms with E-state index in [2.05, 4.69) is 20.8 Å². The molecule has 1 aromatic heterocycles. The Morgan fingerprint density at radius 2 is 2.00 bits per heavy atom. The monoisotopic (exact) mass is 411 g/mol. The first-order valence-corrected chi connectivity index (χ1v) is 9.61. The van der Waals surface area contributed by atoms with Crippen LogP contribution in [0.3, 0.4) is 0 Å². The van der Waals surface area contributed by atoms with Gasteiger partial charge in [0.2, 0.25) is 5.91 Å². The van der Waals surface area contributed by atoms with E-state index >= 15 is 0 Å². The molecular weight excluding hydrogens is 398 g/mol. The number of carbonyl (C=O) groups excluding carboxylic acids is 2. The van der Waals surface area contributed by atoms with Gasteiger partial charge in [0.25, 0.3) is 10.0 Å². The van der Waals surface area contributed by atoms with Crippen LogP contribution in [0, 0.1) is 22.7 Å². The average Bonchev–Trinajstić information content (AvgIpc) is 2.71. The number of fused-ring (bicyclic) bond motifs is 1. The van der Waals surface area contributed by atoms with Gasteiger partial charge in [-0.05, 0) is 37.3 Å². The largest absolute Gasteiger partial charge is 0.346 e. The molecule has 3 rings (SSSR count). The lowest BCUT2D eigenvalue weighted by molar-refractivity contribution is -0.121. The van der Waals surface area contributed by atoms with E-state index in [-0.39, 0.29) is 21.8 Å². The number of nitriles is 2. The Hall–Kier alpha value is -4.03. The molecule has 0 unspecified atom stereocenters. The Balaban J connectivity index is 1.78. The van der Waals surface area contributed by atoms with Gasteiger partial charge in [0.05, 0.1) is 29.1 Å². The first-order valence-electron chi connectivity index (χ1n) is 8.17. The number of nitrogens with zero attached hydrogens (tertiary/aromatic N) is 5. The number of hydrogen-bond donors (Lipinski definition) is 2. The van der Waals surface area contributed by atoms with Gasteiger partial charge in [-0.3, -0.25) is 4.79 Å². The molecular formula is C17H13N7O4S. The topological polar surface area (TPSA) is 169 Å². The number of anilines is 1. The average molecular weight is 411 g/mol. The number of aromatic nitrogens is 2. The number of urea groups is 1. The molecule has 0 aliphatic carbocycles. The number of carbonyl (C=O) groups is 2. The SMILES string of the molecule is C[C@H](NC(=O)CN1C(=O)Nc2ccc(C#N)cc2S1(=O)=O)c1ccc(C#N)nn1. The zero-order valence-corrected chi connectivity index (χ0v) is 15.8. The van der Waals surface area contributed by atoms with Crippen LogP contribution in [0.5, 0.6) is 0 Å². The first kappa shape index (κ1) is 19.7. The molecule has 12 heteroatoms. The fourth-order valence-corrected chi connectivity index (χ4v) is 4.06. The van der Waals surface area contributed by atoms with Crippen LogP contribution in [0.2, 0.25) is 0 Å². The summed E-state index contributed by atoms with van der Waals surface area (Å²) in [5, 5.41) is 30.1. The summed E-state index contributed by atoms with van der Waals surface area (Å²) in [5.41, 5.74) is 0.596. The molecule has 3 amide bonds. The second-order valence-corrected chi connectivity index (χ2v) is 7.84. The number of rotatable bonds is 4. The van der Waals surface area contributed by atoms with E-state index < -0.39 is 34.5 Å². The fraction of sp³-hybridized carbons (Fsp3) is 0.176. The van der Waals surface area contributed by atoms with Crippen LogP contribution in [0.25, 0.3) is 0 Å². The first-order chi connectivity index (χ1) is 13.8. The second kappa shape index (κ2) is 7.53. The maximum Gasteiger partial charge on any atom is 0.336 e. The van der Waals surface area contributed by atoms with Gasteiger partial charge in [-0.15, -0.1) is 5.10 Å². The highest BCUT2D eigenvalue weighted by Crippen LogP contribution is 2.30. The van der Waals surface area contributed by atoms with Gasteiger partial charge in [-0.2, -0.15) is 15.6 Å². The standard InChI is InChI=1S/C17H13N7O4S/c1-10(13-5-3-12(8-19)22-23-13)20-16(25)9-24-17(26)21-14-4-2-11(7-18)6-15(14)29(24,27)28/h2-6,10H,9H2,1H3,(H,20,25)(H,21,26)/t10-/m0/s1. The third-order valence-corrected chi connectivity index (χ3v) is 5.82. The Morgan fingerprint density at radius 1 is 1.24 bits per heavy atom. The quantitative estimate of drug-likeness (QED) is 0.738. The molecule has 2 aromatic rings. The van der Waals surface area contributed by atoms with E-state index in [9.17, 15) is 18.0 Å². The smallest absolute Gasteiger partial charge is 0.336 e. The molecule has 0 spiro atoms. The molecule has 1 aromatic carbocycles. The molecule has 1 atom stereocenters. The molecule has 2 heterocycles. The molecule has 1 aliphatic rings. The molecule has 2 N–H and O–H groups in total. The van der Waals surface area contributed by atoms with Crippen molar-refractivity contribution >= 4 is 27.6 Å². The lowest BCUT2D eigenvalue weighted by Gasteiger charge is -2.28. The van der Waals surface area contributed by atoms with Crippen LogP contribution in [-0.4, -0.2) is 41.4 Å². The van der Waals surface area contributed by atoms with Gasteiger partial charge in [0.15, 0.2) is 5.69 Å². The maximum absolute atomic E-state index is 12.8. The predicted molar refractivity (Wildman–Crippen MR) is 97.4 cm³/mol. The van der Waals surface area contributed by atoms with Gasteiger partial charge >= 0.3 is 6.03 Å². The molecule has 29 heavy (non-hydrogen) atoms. The molecule has 0 radical (unpaired) electrons. The normalized spacial score (nSPS) is 15.3. The van der Waals surface area contributed by atoms with E-state index in [1.807, 2.05) is 12.1 Å². The maximum atomic E-state index is 12.8. The minimum absolute atomic E-state index is 0.0342. The lowest BCUT2D eigenvalue weighted by atomic mass is 10.2. The minimum atomic E-state index is -4.32. The molecule has 0 saturated heterocycles. The number of benzene rings is 1. The van der Waals surface area contributed by atoms with Crippen LogP contribution in [0.1, 0.15) is 29.9 Å². The van der Waals surface area contributed by atoms with Gasteiger partial charge < -0.3 is 10.6 Å². The van der Waals surface area contributed by atoms with Crippen molar-refractivity contribution < 1.29 is 18.0 Å². The van der Waals surface area contributed by atoms with E-state index in [0.717, 1.165) is 6.07 Å². The Morgan fingerprint density at radius 3 is 2.62 bits per heavy atom. The number of amides is 3. The number of hydrogen-bond acceptors (Lipinski definition) is 8. The van der Waals surface area contributed by atoms with Crippen molar-refractivity contribution in [1.82, 2.24) is 19.8 Å². The summed E-state index contributed by atoms with van der Waals surface area (Å²) >= 11 is 0. The van der Waals surface area contributed by atoms with E-state index in [1.54, 1.807) is 6.92 Å². The Labute approximate surface area is 165 Å². The van der Waals surface area contributed by atoms with Gasteiger partial charge in [0, 0.05) is 0 Å². The highest BCUT2D eigenvalue weighted by Gasteiger charge is 2.38. The Kier molecular flexibility index (Phi) is 5.12. The van der Waals surface area contributed by atoms with Gasteiger partial charge in [-0.25, -0.2) is 17.5 Å². The summed E-state index contributed by atoms with van der Waals surface area (Å²) in [6.07, 6.45) is 0. The molecule has 0 fully saturated rings. The van der Waals surface area contributed by atoms with E-state index in [1.165, 1.54) is 24.3 Å². The van der Waals surface area contributed by atoms with Gasteiger partial charge in [0.1, 0.15) is 17.5 Å². The van der Waals surface area contributed by atoms with Gasteiger partial charge in [-0.1, -0.05) is 0 Å². The molecule has 11 nitrogen and oxygen atoms in total. The molecule has 1 aliphatic heterocycles. The van der Waals surface area contributed by atoms with E-state index in [0.29, 0.717) is 10.00 Å². The molecule has 0 saturated carbocycles. The minimum Gasteiger partial charge on any atom is -0.346 e. The fourth-order valence-electron chi connectivity index (χ4n) is 2.60. The summed E-state index contributed by atoms with van der Waals surface area (Å²) in [6, 6.07) is 8.76. The highest BCUT2D eigenvalue weighted by atomic mass is 32.2. The second-order valence-electron chi connectivity index (χ2n) is 6.01. The number of nitrogens with one attached hydrogen (secondary N) is 2. The third kappa shape index (κ3) is 3.83. The van der Waals surface area contributed by atoms with Crippen LogP contribution >= 0.6 is 0 Å². The summed E-state index contributed by atoms with van der Waals surface area (Å²) in [4.78, 5) is 24.3. The lowest BCUT2D eigenvalue weighted by Crippen LogP contribution is -2.49. The molecule has 146 valence electrons.